The second kappa shape index (κ2) is 3.85. The van der Waals surface area contributed by atoms with Gasteiger partial charge in [-0.2, -0.15) is 4.98 Å². The Morgan fingerprint density at radius 2 is 2.42 bits per heavy atom. The van der Waals surface area contributed by atoms with E-state index in [0.717, 1.165) is 0 Å². The Bertz CT molecular complexity index is 253. The lowest BCUT2D eigenvalue weighted by molar-refractivity contribution is 0.496. The monoisotopic (exact) mass is 170 g/mol. The summed E-state index contributed by atoms with van der Waals surface area (Å²) in [6, 6.07) is 1.69. The van der Waals surface area contributed by atoms with Crippen LogP contribution in [0.2, 0.25) is 0 Å². The van der Waals surface area contributed by atoms with Crippen molar-refractivity contribution in [3.8, 4) is 0 Å². The first kappa shape index (κ1) is 8.70. The quantitative estimate of drug-likeness (QED) is 0.716. The van der Waals surface area contributed by atoms with Crippen molar-refractivity contribution in [1.29, 1.82) is 0 Å². The molecule has 0 fully saturated rings. The van der Waals surface area contributed by atoms with Crippen LogP contribution in [0.1, 0.15) is 0 Å². The fraction of sp³-hybridized carbons (Fsp3) is 0.429. The minimum Gasteiger partial charge on any atom is -0.368 e. The van der Waals surface area contributed by atoms with Crippen LogP contribution in [0.5, 0.6) is 0 Å². The molecule has 1 heterocycles. The van der Waals surface area contributed by atoms with Gasteiger partial charge >= 0.3 is 0 Å². The van der Waals surface area contributed by atoms with Gasteiger partial charge in [-0.3, -0.25) is 0 Å². The maximum absolute atomic E-state index is 11.9. The molecule has 4 nitrogen and oxygen atoms in total. The van der Waals surface area contributed by atoms with Crippen LogP contribution in [-0.4, -0.2) is 30.2 Å². The van der Waals surface area contributed by atoms with Crippen molar-refractivity contribution < 1.29 is 4.39 Å². The second-order valence-electron chi connectivity index (χ2n) is 2.38. The number of aromatic nitrogens is 2. The van der Waals surface area contributed by atoms with Crippen LogP contribution in [-0.2, 0) is 0 Å². The molecule has 66 valence electrons. The highest BCUT2D eigenvalue weighted by molar-refractivity contribution is 5.39. The van der Waals surface area contributed by atoms with Crippen molar-refractivity contribution in [3.05, 3.63) is 12.3 Å². The number of anilines is 2. The number of alkyl halides is 1. The molecular formula is C7H11FN4. The van der Waals surface area contributed by atoms with Gasteiger partial charge in [0.1, 0.15) is 12.5 Å². The third-order valence-corrected chi connectivity index (χ3v) is 1.47. The molecule has 0 aliphatic carbocycles. The largest absolute Gasteiger partial charge is 0.368 e. The summed E-state index contributed by atoms with van der Waals surface area (Å²) in [5, 5.41) is 0. The third kappa shape index (κ3) is 2.05. The van der Waals surface area contributed by atoms with Crippen LogP contribution < -0.4 is 10.6 Å². The Labute approximate surface area is 70.2 Å². The Morgan fingerprint density at radius 3 is 3.00 bits per heavy atom. The highest BCUT2D eigenvalue weighted by Crippen LogP contribution is 2.07. The van der Waals surface area contributed by atoms with E-state index in [1.807, 2.05) is 0 Å². The number of halogens is 1. The normalized spacial score (nSPS) is 9.83. The summed E-state index contributed by atoms with van der Waals surface area (Å²) in [6.45, 7) is -0.0864. The van der Waals surface area contributed by atoms with Crippen LogP contribution in [0.3, 0.4) is 0 Å². The summed E-state index contributed by atoms with van der Waals surface area (Å²) in [5.74, 6) is 0.846. The van der Waals surface area contributed by atoms with E-state index < -0.39 is 6.67 Å². The van der Waals surface area contributed by atoms with Gasteiger partial charge < -0.3 is 10.6 Å². The zero-order valence-corrected chi connectivity index (χ0v) is 6.87. The van der Waals surface area contributed by atoms with Crippen LogP contribution >= 0.6 is 0 Å². The van der Waals surface area contributed by atoms with E-state index in [2.05, 4.69) is 9.97 Å². The second-order valence-corrected chi connectivity index (χ2v) is 2.38. The maximum atomic E-state index is 11.9. The van der Waals surface area contributed by atoms with Crippen LogP contribution in [0.25, 0.3) is 0 Å². The molecule has 0 unspecified atom stereocenters. The number of hydrogen-bond donors (Lipinski definition) is 1. The van der Waals surface area contributed by atoms with Crippen LogP contribution in [0, 0.1) is 0 Å². The van der Waals surface area contributed by atoms with Crippen molar-refractivity contribution in [2.24, 2.45) is 0 Å². The van der Waals surface area contributed by atoms with Crippen molar-refractivity contribution in [2.75, 3.05) is 30.9 Å². The Hall–Kier alpha value is -1.39. The molecule has 2 N–H and O–H groups in total. The van der Waals surface area contributed by atoms with Crippen molar-refractivity contribution in [3.63, 3.8) is 0 Å². The van der Waals surface area contributed by atoms with Crippen molar-refractivity contribution in [2.45, 2.75) is 0 Å². The third-order valence-electron chi connectivity index (χ3n) is 1.47. The highest BCUT2D eigenvalue weighted by atomic mass is 19.1. The lowest BCUT2D eigenvalue weighted by Crippen LogP contribution is -2.21. The summed E-state index contributed by atoms with van der Waals surface area (Å²) >= 11 is 0. The molecule has 1 aromatic rings. The first-order chi connectivity index (χ1) is 5.74. The lowest BCUT2D eigenvalue weighted by atomic mass is 10.5. The first-order valence-electron chi connectivity index (χ1n) is 3.59. The minimum absolute atomic E-state index is 0.207. The van der Waals surface area contributed by atoms with Crippen LogP contribution in [0.15, 0.2) is 12.3 Å². The molecule has 0 saturated carbocycles. The standard InChI is InChI=1S/C7H11FN4/c1-12(5-3-8)6-2-4-10-7(9)11-6/h2,4H,3,5H2,1H3,(H2,9,10,11). The molecule has 5 heteroatoms. The fourth-order valence-corrected chi connectivity index (χ4v) is 0.818. The van der Waals surface area contributed by atoms with Gasteiger partial charge in [-0.1, -0.05) is 0 Å². The Morgan fingerprint density at radius 1 is 1.67 bits per heavy atom. The molecule has 0 spiro atoms. The Kier molecular flexibility index (Phi) is 2.79. The summed E-state index contributed by atoms with van der Waals surface area (Å²) in [7, 11) is 1.75. The molecule has 1 aromatic heterocycles. The summed E-state index contributed by atoms with van der Waals surface area (Å²) in [4.78, 5) is 9.32. The average molecular weight is 170 g/mol. The van der Waals surface area contributed by atoms with Crippen molar-refractivity contribution in [1.82, 2.24) is 9.97 Å². The molecular weight excluding hydrogens is 159 g/mol. The van der Waals surface area contributed by atoms with E-state index in [4.69, 9.17) is 5.73 Å². The van der Waals surface area contributed by atoms with Crippen molar-refractivity contribution >= 4 is 11.8 Å². The SMILES string of the molecule is CN(CCF)c1ccnc(N)n1. The number of nitrogens with two attached hydrogens (primary N) is 1. The number of hydrogen-bond acceptors (Lipinski definition) is 4. The first-order valence-corrected chi connectivity index (χ1v) is 3.59. The van der Waals surface area contributed by atoms with Gasteiger partial charge in [-0.25, -0.2) is 9.37 Å². The van der Waals surface area contributed by atoms with Gasteiger partial charge in [0.2, 0.25) is 5.95 Å². The predicted molar refractivity (Wildman–Crippen MR) is 45.7 cm³/mol. The smallest absolute Gasteiger partial charge is 0.221 e. The summed E-state index contributed by atoms with van der Waals surface area (Å²) in [5.41, 5.74) is 5.35. The van der Waals surface area contributed by atoms with E-state index in [0.29, 0.717) is 12.4 Å². The molecule has 0 amide bonds. The van der Waals surface area contributed by atoms with E-state index in [9.17, 15) is 4.39 Å². The molecule has 0 atom stereocenters. The zero-order chi connectivity index (χ0) is 8.97. The molecule has 0 aliphatic heterocycles. The average Bonchev–Trinajstić information content (AvgIpc) is 2.05. The number of nitrogen functional groups attached to an aromatic ring is 1. The van der Waals surface area contributed by atoms with Gasteiger partial charge in [0, 0.05) is 19.8 Å². The minimum atomic E-state index is -0.402. The van der Waals surface area contributed by atoms with E-state index in [1.165, 1.54) is 0 Å². The Balaban J connectivity index is 2.73. The molecule has 0 aliphatic rings. The number of rotatable bonds is 3. The highest BCUT2D eigenvalue weighted by Gasteiger charge is 2.01. The maximum Gasteiger partial charge on any atom is 0.221 e. The lowest BCUT2D eigenvalue weighted by Gasteiger charge is -2.15. The van der Waals surface area contributed by atoms with E-state index in [1.54, 1.807) is 24.2 Å². The van der Waals surface area contributed by atoms with Crippen LogP contribution in [0.4, 0.5) is 16.2 Å². The summed E-state index contributed by atoms with van der Waals surface area (Å²) in [6.07, 6.45) is 1.55. The molecule has 0 bridgehead atoms. The molecule has 12 heavy (non-hydrogen) atoms. The van der Waals surface area contributed by atoms with Gasteiger partial charge in [-0.05, 0) is 6.07 Å². The number of nitrogens with zero attached hydrogens (tertiary/aromatic N) is 3. The van der Waals surface area contributed by atoms with Gasteiger partial charge in [0.25, 0.3) is 0 Å². The summed E-state index contributed by atoms with van der Waals surface area (Å²) < 4.78 is 11.9. The van der Waals surface area contributed by atoms with Gasteiger partial charge in [0.15, 0.2) is 0 Å². The van der Waals surface area contributed by atoms with Gasteiger partial charge in [0.05, 0.1) is 0 Å². The van der Waals surface area contributed by atoms with E-state index in [-0.39, 0.29) is 5.95 Å². The molecule has 0 aromatic carbocycles. The topological polar surface area (TPSA) is 55.0 Å². The molecule has 0 radical (unpaired) electrons. The zero-order valence-electron chi connectivity index (χ0n) is 6.87. The van der Waals surface area contributed by atoms with Gasteiger partial charge in [-0.15, -0.1) is 0 Å². The predicted octanol–water partition coefficient (Wildman–Crippen LogP) is 0.465. The van der Waals surface area contributed by atoms with E-state index >= 15 is 0 Å². The molecule has 0 saturated heterocycles. The fourth-order valence-electron chi connectivity index (χ4n) is 0.818. The molecule has 1 rings (SSSR count).